The molecule has 0 bridgehead atoms. The molecule has 0 saturated carbocycles. The minimum absolute atomic E-state index is 0.00169. The Morgan fingerprint density at radius 1 is 0.950 bits per heavy atom. The van der Waals surface area contributed by atoms with E-state index in [1.807, 2.05) is 65.6 Å². The smallest absolute Gasteiger partial charge is 0.243 e. The van der Waals surface area contributed by atoms with Gasteiger partial charge in [0, 0.05) is 38.5 Å². The minimum Gasteiger partial charge on any atom is -0.408 e. The normalized spacial score (nSPS) is 22.0. The van der Waals surface area contributed by atoms with Gasteiger partial charge in [0.1, 0.15) is 6.04 Å². The number of nitrogens with two attached hydrogens (primary N) is 1. The first-order valence-electron chi connectivity index (χ1n) is 14.1. The average molecular weight is 547 g/mol. The van der Waals surface area contributed by atoms with E-state index in [0.29, 0.717) is 44.9 Å². The van der Waals surface area contributed by atoms with E-state index in [9.17, 15) is 14.4 Å². The Hall–Kier alpha value is -4.08. The molecule has 2 aromatic rings. The van der Waals surface area contributed by atoms with Crippen molar-refractivity contribution in [3.05, 3.63) is 71.8 Å². The van der Waals surface area contributed by atoms with Gasteiger partial charge in [-0.1, -0.05) is 65.8 Å². The fraction of sp³-hybridized carbons (Fsp3) is 0.467. The number of rotatable bonds is 7. The number of guanidine groups is 1. The van der Waals surface area contributed by atoms with Gasteiger partial charge in [-0.2, -0.15) is 0 Å². The Kier molecular flexibility index (Phi) is 8.52. The number of hydrogen-bond acceptors (Lipinski definition) is 5. The summed E-state index contributed by atoms with van der Waals surface area (Å²) in [6.07, 6.45) is 3.24. The van der Waals surface area contributed by atoms with E-state index in [0.717, 1.165) is 24.0 Å². The van der Waals surface area contributed by atoms with Gasteiger partial charge in [-0.15, -0.1) is 0 Å². The molecular formula is C30H38N6O4. The third-order valence-electron chi connectivity index (χ3n) is 8.59. The standard InChI is InChI=1S/C30H38N6O4/c31-30(33-40)34-15-13-21(14-16-34)18-32-29(39)26-12-11-24-19-35(20-28(38)36(24)26)27(37)17-25(22-7-3-1-4-8-22)23-9-5-2-6-10-23/h1-10,21,24-26,40H,11-20H2,(H2,31,33)(H,32,39)/t24-,26-/m0/s1. The van der Waals surface area contributed by atoms with Crippen molar-refractivity contribution >= 4 is 23.7 Å². The highest BCUT2D eigenvalue weighted by Gasteiger charge is 2.45. The highest BCUT2D eigenvalue weighted by molar-refractivity contribution is 5.92. The molecule has 10 nitrogen and oxygen atoms in total. The number of nitrogens with one attached hydrogen (secondary N) is 1. The van der Waals surface area contributed by atoms with Gasteiger partial charge in [0.25, 0.3) is 0 Å². The van der Waals surface area contributed by atoms with E-state index in [-0.39, 0.29) is 48.6 Å². The first-order valence-corrected chi connectivity index (χ1v) is 14.1. The van der Waals surface area contributed by atoms with Gasteiger partial charge in [-0.25, -0.2) is 0 Å². The summed E-state index contributed by atoms with van der Waals surface area (Å²) in [5.74, 6) is -0.00304. The maximum Gasteiger partial charge on any atom is 0.243 e. The molecular weight excluding hydrogens is 508 g/mol. The number of amides is 3. The molecule has 212 valence electrons. The summed E-state index contributed by atoms with van der Waals surface area (Å²) < 4.78 is 0. The van der Waals surface area contributed by atoms with Gasteiger partial charge < -0.3 is 31.0 Å². The summed E-state index contributed by atoms with van der Waals surface area (Å²) in [6, 6.07) is 19.4. The van der Waals surface area contributed by atoms with Crippen molar-refractivity contribution in [2.24, 2.45) is 16.8 Å². The van der Waals surface area contributed by atoms with Crippen molar-refractivity contribution in [1.29, 1.82) is 0 Å². The van der Waals surface area contributed by atoms with Crippen LogP contribution in [-0.4, -0.2) is 88.4 Å². The number of piperazine rings is 1. The van der Waals surface area contributed by atoms with Gasteiger partial charge in [0.2, 0.25) is 23.7 Å². The van der Waals surface area contributed by atoms with Crippen LogP contribution in [0.5, 0.6) is 0 Å². The molecule has 3 saturated heterocycles. The first kappa shape index (κ1) is 27.5. The Balaban J connectivity index is 1.16. The molecule has 3 heterocycles. The molecule has 0 radical (unpaired) electrons. The monoisotopic (exact) mass is 546 g/mol. The predicted octanol–water partition coefficient (Wildman–Crippen LogP) is 1.94. The van der Waals surface area contributed by atoms with Crippen molar-refractivity contribution in [3.63, 3.8) is 0 Å². The number of oxime groups is 1. The van der Waals surface area contributed by atoms with E-state index in [4.69, 9.17) is 10.9 Å². The lowest BCUT2D eigenvalue weighted by molar-refractivity contribution is -0.151. The highest BCUT2D eigenvalue weighted by Crippen LogP contribution is 2.32. The molecule has 4 N–H and O–H groups in total. The Bertz CT molecular complexity index is 1180. The van der Waals surface area contributed by atoms with E-state index in [2.05, 4.69) is 10.5 Å². The zero-order valence-corrected chi connectivity index (χ0v) is 22.7. The lowest BCUT2D eigenvalue weighted by Gasteiger charge is -2.40. The van der Waals surface area contributed by atoms with Crippen molar-refractivity contribution in [2.45, 2.75) is 50.1 Å². The third kappa shape index (κ3) is 6.05. The maximum absolute atomic E-state index is 13.5. The molecule has 2 aromatic carbocycles. The number of carbonyl (C=O) groups excluding carboxylic acids is 3. The zero-order valence-electron chi connectivity index (χ0n) is 22.7. The largest absolute Gasteiger partial charge is 0.408 e. The fourth-order valence-electron chi connectivity index (χ4n) is 6.35. The molecule has 0 unspecified atom stereocenters. The highest BCUT2D eigenvalue weighted by atomic mass is 16.4. The molecule has 0 aromatic heterocycles. The fourth-order valence-corrected chi connectivity index (χ4v) is 6.35. The molecule has 2 atom stereocenters. The van der Waals surface area contributed by atoms with Gasteiger partial charge >= 0.3 is 0 Å². The lowest BCUT2D eigenvalue weighted by atomic mass is 9.88. The van der Waals surface area contributed by atoms with E-state index in [1.165, 1.54) is 0 Å². The molecule has 3 fully saturated rings. The molecule has 0 aliphatic carbocycles. The maximum atomic E-state index is 13.5. The van der Waals surface area contributed by atoms with Crippen LogP contribution >= 0.6 is 0 Å². The van der Waals surface area contributed by atoms with E-state index in [1.54, 1.807) is 9.80 Å². The van der Waals surface area contributed by atoms with Crippen molar-refractivity contribution in [2.75, 3.05) is 32.7 Å². The quantitative estimate of drug-likeness (QED) is 0.211. The zero-order chi connectivity index (χ0) is 28.1. The molecule has 40 heavy (non-hydrogen) atoms. The van der Waals surface area contributed by atoms with Crippen LogP contribution in [0.1, 0.15) is 49.1 Å². The van der Waals surface area contributed by atoms with Crippen molar-refractivity contribution in [3.8, 4) is 0 Å². The van der Waals surface area contributed by atoms with Crippen molar-refractivity contribution < 1.29 is 19.6 Å². The summed E-state index contributed by atoms with van der Waals surface area (Å²) in [5.41, 5.74) is 7.81. The lowest BCUT2D eigenvalue weighted by Crippen LogP contribution is -2.60. The Morgan fingerprint density at radius 3 is 2.17 bits per heavy atom. The van der Waals surface area contributed by atoms with E-state index >= 15 is 0 Å². The molecule has 10 heteroatoms. The average Bonchev–Trinajstić information content (AvgIpc) is 3.44. The summed E-state index contributed by atoms with van der Waals surface area (Å²) in [7, 11) is 0. The van der Waals surface area contributed by atoms with Crippen LogP contribution in [0.4, 0.5) is 0 Å². The van der Waals surface area contributed by atoms with Crippen LogP contribution in [0, 0.1) is 5.92 Å². The van der Waals surface area contributed by atoms with Crippen LogP contribution in [0.3, 0.4) is 0 Å². The van der Waals surface area contributed by atoms with Gasteiger partial charge in [0.05, 0.1) is 12.6 Å². The van der Waals surface area contributed by atoms with Crippen LogP contribution in [0.2, 0.25) is 0 Å². The second-order valence-corrected chi connectivity index (χ2v) is 11.0. The van der Waals surface area contributed by atoms with Crippen LogP contribution in [-0.2, 0) is 14.4 Å². The topological polar surface area (TPSA) is 132 Å². The molecule has 0 spiro atoms. The summed E-state index contributed by atoms with van der Waals surface area (Å²) in [4.78, 5) is 45.1. The van der Waals surface area contributed by atoms with Crippen molar-refractivity contribution in [1.82, 2.24) is 20.0 Å². The number of likely N-dealkylation sites (tertiary alicyclic amines) is 1. The Morgan fingerprint density at radius 2 is 1.57 bits per heavy atom. The van der Waals surface area contributed by atoms with E-state index < -0.39 is 6.04 Å². The first-order chi connectivity index (χ1) is 19.4. The molecule has 3 aliphatic rings. The van der Waals surface area contributed by atoms with Crippen LogP contribution < -0.4 is 11.1 Å². The molecule has 3 amide bonds. The van der Waals surface area contributed by atoms with Crippen LogP contribution in [0.25, 0.3) is 0 Å². The SMILES string of the molecule is N/C(=N\O)N1CCC(CNC(=O)[C@@H]2CC[C@H]3CN(C(=O)CC(c4ccccc4)c4ccccc4)CC(=O)N32)CC1. The number of hydrogen-bond donors (Lipinski definition) is 3. The number of benzene rings is 2. The number of piperidine rings is 1. The number of fused-ring (bicyclic) bond motifs is 1. The third-order valence-corrected chi connectivity index (χ3v) is 8.59. The summed E-state index contributed by atoms with van der Waals surface area (Å²) in [6.45, 7) is 2.34. The molecule has 3 aliphatic heterocycles. The second-order valence-electron chi connectivity index (χ2n) is 11.0. The second kappa shape index (κ2) is 12.4. The number of carbonyl (C=O) groups is 3. The van der Waals surface area contributed by atoms with Crippen LogP contribution in [0.15, 0.2) is 65.8 Å². The summed E-state index contributed by atoms with van der Waals surface area (Å²) in [5, 5.41) is 15.0. The van der Waals surface area contributed by atoms with Gasteiger partial charge in [-0.05, 0) is 42.7 Å². The Labute approximate surface area is 234 Å². The predicted molar refractivity (Wildman–Crippen MR) is 150 cm³/mol. The van der Waals surface area contributed by atoms with Gasteiger partial charge in [0.15, 0.2) is 0 Å². The number of nitrogens with zero attached hydrogens (tertiary/aromatic N) is 4. The summed E-state index contributed by atoms with van der Waals surface area (Å²) >= 11 is 0. The minimum atomic E-state index is -0.492. The van der Waals surface area contributed by atoms with Gasteiger partial charge in [-0.3, -0.25) is 14.4 Å². The molecule has 5 rings (SSSR count).